The third-order valence-electron chi connectivity index (χ3n) is 4.99. The van der Waals surface area contributed by atoms with Gasteiger partial charge in [0.25, 0.3) is 0 Å². The molecule has 1 saturated carbocycles. The number of carbonyl (C=O) groups excluding carboxylic acids is 1. The molecule has 2 aromatic heterocycles. The number of halogens is 4. The molecule has 28 heavy (non-hydrogen) atoms. The molecule has 0 radical (unpaired) electrons. The van der Waals surface area contributed by atoms with Gasteiger partial charge in [0.15, 0.2) is 5.69 Å². The maximum Gasteiger partial charge on any atom is 0.436 e. The molecule has 0 atom stereocenters. The monoisotopic (exact) mass is 472 g/mol. The molecule has 5 nitrogen and oxygen atoms in total. The fourth-order valence-electron chi connectivity index (χ4n) is 3.58. The Morgan fingerprint density at radius 3 is 2.71 bits per heavy atom. The van der Waals surface area contributed by atoms with Gasteiger partial charge in [0.1, 0.15) is 17.6 Å². The van der Waals surface area contributed by atoms with E-state index in [2.05, 4.69) is 32.4 Å². The molecule has 0 spiro atoms. The van der Waals surface area contributed by atoms with E-state index in [1.165, 1.54) is 11.3 Å². The summed E-state index contributed by atoms with van der Waals surface area (Å²) in [6, 6.07) is 2.16. The molecule has 1 amide bonds. The maximum atomic E-state index is 13.2. The molecule has 0 aliphatic heterocycles. The van der Waals surface area contributed by atoms with Crippen molar-refractivity contribution in [1.29, 1.82) is 5.26 Å². The highest BCUT2D eigenvalue weighted by Gasteiger charge is 2.42. The van der Waals surface area contributed by atoms with Crippen LogP contribution in [0.3, 0.4) is 0 Å². The minimum Gasteiger partial charge on any atom is -0.315 e. The summed E-state index contributed by atoms with van der Waals surface area (Å²) in [7, 11) is 0. The number of fused-ring (bicyclic) bond motifs is 1. The van der Waals surface area contributed by atoms with Crippen molar-refractivity contribution in [1.82, 2.24) is 9.78 Å². The summed E-state index contributed by atoms with van der Waals surface area (Å²) in [5.41, 5.74) is 0.877. The van der Waals surface area contributed by atoms with Crippen LogP contribution in [-0.2, 0) is 30.4 Å². The van der Waals surface area contributed by atoms with Gasteiger partial charge >= 0.3 is 6.18 Å². The Bertz CT molecular complexity index is 985. The van der Waals surface area contributed by atoms with Crippen LogP contribution in [0.5, 0.6) is 0 Å². The number of nitrogens with zero attached hydrogens (tertiary/aromatic N) is 3. The van der Waals surface area contributed by atoms with E-state index >= 15 is 0 Å². The third-order valence-corrected chi connectivity index (χ3v) is 6.98. The van der Waals surface area contributed by atoms with Crippen molar-refractivity contribution in [2.75, 3.05) is 5.32 Å². The Hall–Kier alpha value is -1.86. The smallest absolute Gasteiger partial charge is 0.315 e. The first kappa shape index (κ1) is 19.5. The standard InChI is InChI=1S/C18H16BrF3N4OS/c19-14-15(9-5-6-9)26(25-16(14)18(20,21)22)8-13(27)24-17-11(7-23)10-3-1-2-4-12(10)28-17/h9H,1-6,8H2,(H,24,27). The van der Waals surface area contributed by atoms with Crippen LogP contribution in [0.15, 0.2) is 4.47 Å². The Kier molecular flexibility index (Phi) is 5.00. The molecule has 10 heteroatoms. The van der Waals surface area contributed by atoms with E-state index in [0.717, 1.165) is 53.6 Å². The van der Waals surface area contributed by atoms with Gasteiger partial charge < -0.3 is 5.32 Å². The number of nitrogens with one attached hydrogen (secondary N) is 1. The van der Waals surface area contributed by atoms with Crippen LogP contribution < -0.4 is 5.32 Å². The lowest BCUT2D eigenvalue weighted by atomic mass is 9.96. The van der Waals surface area contributed by atoms with E-state index < -0.39 is 17.8 Å². The van der Waals surface area contributed by atoms with Gasteiger partial charge in [-0.25, -0.2) is 0 Å². The Balaban J connectivity index is 1.58. The zero-order valence-corrected chi connectivity index (χ0v) is 17.1. The number of aromatic nitrogens is 2. The van der Waals surface area contributed by atoms with Crippen LogP contribution >= 0.6 is 27.3 Å². The minimum atomic E-state index is -4.59. The number of aryl methyl sites for hydroxylation is 1. The molecule has 2 aliphatic carbocycles. The molecular weight excluding hydrogens is 457 g/mol. The fourth-order valence-corrected chi connectivity index (χ4v) is 5.66. The van der Waals surface area contributed by atoms with Crippen molar-refractivity contribution < 1.29 is 18.0 Å². The predicted molar refractivity (Wildman–Crippen MR) is 101 cm³/mol. The highest BCUT2D eigenvalue weighted by Crippen LogP contribution is 2.47. The number of carbonyl (C=O) groups is 1. The molecule has 0 bridgehead atoms. The summed E-state index contributed by atoms with van der Waals surface area (Å²) < 4.78 is 40.7. The van der Waals surface area contributed by atoms with Crippen LogP contribution in [-0.4, -0.2) is 15.7 Å². The molecule has 2 aromatic rings. The summed E-state index contributed by atoms with van der Waals surface area (Å²) in [6.45, 7) is -0.325. The first-order valence-electron chi connectivity index (χ1n) is 8.97. The average Bonchev–Trinajstić information content (AvgIpc) is 3.31. The summed E-state index contributed by atoms with van der Waals surface area (Å²) in [5, 5.41) is 16.3. The van der Waals surface area contributed by atoms with Crippen LogP contribution in [0.2, 0.25) is 0 Å². The molecule has 0 aromatic carbocycles. The van der Waals surface area contributed by atoms with Crippen molar-refractivity contribution in [3.63, 3.8) is 0 Å². The third kappa shape index (κ3) is 3.57. The maximum absolute atomic E-state index is 13.2. The van der Waals surface area contributed by atoms with Gasteiger partial charge in [-0.1, -0.05) is 0 Å². The van der Waals surface area contributed by atoms with Gasteiger partial charge in [0.05, 0.1) is 15.7 Å². The van der Waals surface area contributed by atoms with E-state index in [-0.39, 0.29) is 16.9 Å². The molecule has 4 rings (SSSR count). The highest BCUT2D eigenvalue weighted by molar-refractivity contribution is 9.10. The van der Waals surface area contributed by atoms with Gasteiger partial charge in [-0.05, 0) is 60.0 Å². The molecular formula is C18H16BrF3N4OS. The lowest BCUT2D eigenvalue weighted by Crippen LogP contribution is -2.21. The summed E-state index contributed by atoms with van der Waals surface area (Å²) in [6.07, 6.45) is 0.731. The van der Waals surface area contributed by atoms with Crippen LogP contribution in [0.25, 0.3) is 0 Å². The molecule has 1 fully saturated rings. The lowest BCUT2D eigenvalue weighted by Gasteiger charge is -2.09. The number of alkyl halides is 3. The summed E-state index contributed by atoms with van der Waals surface area (Å²) in [4.78, 5) is 13.7. The summed E-state index contributed by atoms with van der Waals surface area (Å²) >= 11 is 4.41. The number of anilines is 1. The largest absolute Gasteiger partial charge is 0.436 e. The van der Waals surface area contributed by atoms with Crippen molar-refractivity contribution in [3.8, 4) is 6.07 Å². The van der Waals surface area contributed by atoms with Gasteiger partial charge in [-0.3, -0.25) is 9.48 Å². The molecule has 1 N–H and O–H groups in total. The number of amides is 1. The normalized spacial score (nSPS) is 16.5. The second-order valence-corrected chi connectivity index (χ2v) is 8.95. The number of hydrogen-bond donors (Lipinski definition) is 1. The number of nitriles is 1. The average molecular weight is 473 g/mol. The van der Waals surface area contributed by atoms with Crippen LogP contribution in [0.4, 0.5) is 18.2 Å². The number of hydrogen-bond acceptors (Lipinski definition) is 4. The Morgan fingerprint density at radius 1 is 1.36 bits per heavy atom. The number of rotatable bonds is 4. The molecule has 148 valence electrons. The molecule has 0 unspecified atom stereocenters. The SMILES string of the molecule is N#Cc1c(NC(=O)Cn2nc(C(F)(F)F)c(Br)c2C2CC2)sc2c1CCCC2. The highest BCUT2D eigenvalue weighted by atomic mass is 79.9. The van der Waals surface area contributed by atoms with Crippen LogP contribution in [0.1, 0.15) is 59.0 Å². The van der Waals surface area contributed by atoms with Gasteiger partial charge in [-0.2, -0.15) is 23.5 Å². The molecule has 0 saturated heterocycles. The van der Waals surface area contributed by atoms with Gasteiger partial charge in [0.2, 0.25) is 5.91 Å². The quantitative estimate of drug-likeness (QED) is 0.680. The van der Waals surface area contributed by atoms with Crippen LogP contribution in [0, 0.1) is 11.3 Å². The first-order chi connectivity index (χ1) is 13.3. The van der Waals surface area contributed by atoms with Crippen molar-refractivity contribution in [2.45, 2.75) is 57.2 Å². The fraction of sp³-hybridized carbons (Fsp3) is 0.500. The Morgan fingerprint density at radius 2 is 2.07 bits per heavy atom. The van der Waals surface area contributed by atoms with Gasteiger partial charge in [-0.15, -0.1) is 11.3 Å². The zero-order valence-electron chi connectivity index (χ0n) is 14.7. The molecule has 2 heterocycles. The van der Waals surface area contributed by atoms with E-state index in [1.54, 1.807) is 0 Å². The van der Waals surface area contributed by atoms with Crippen molar-refractivity contribution in [3.05, 3.63) is 31.9 Å². The lowest BCUT2D eigenvalue weighted by molar-refractivity contribution is -0.142. The predicted octanol–water partition coefficient (Wildman–Crippen LogP) is 4.99. The first-order valence-corrected chi connectivity index (χ1v) is 10.6. The number of thiophene rings is 1. The topological polar surface area (TPSA) is 70.7 Å². The second-order valence-electron chi connectivity index (χ2n) is 7.05. The van der Waals surface area contributed by atoms with E-state index in [4.69, 9.17) is 0 Å². The molecule has 2 aliphatic rings. The minimum absolute atomic E-state index is 0.0190. The second kappa shape index (κ2) is 7.19. The van der Waals surface area contributed by atoms with Gasteiger partial charge in [0, 0.05) is 10.8 Å². The zero-order chi connectivity index (χ0) is 20.1. The Labute approximate surface area is 171 Å². The summed E-state index contributed by atoms with van der Waals surface area (Å²) in [5.74, 6) is -0.504. The van der Waals surface area contributed by atoms with Crippen molar-refractivity contribution in [2.24, 2.45) is 0 Å². The van der Waals surface area contributed by atoms with E-state index in [9.17, 15) is 23.2 Å². The van der Waals surface area contributed by atoms with Crippen molar-refractivity contribution >= 4 is 38.2 Å². The van der Waals surface area contributed by atoms with E-state index in [0.29, 0.717) is 16.3 Å². The van der Waals surface area contributed by atoms with E-state index in [1.807, 2.05) is 0 Å².